The molecule has 0 radical (unpaired) electrons. The molecule has 130 valence electrons. The molecule has 1 rings (SSSR count). The van der Waals surface area contributed by atoms with E-state index in [4.69, 9.17) is 14.2 Å². The quantitative estimate of drug-likeness (QED) is 0.390. The number of carbonyl (C=O) groups excluding carboxylic acids is 1. The smallest absolute Gasteiger partial charge is 0.305 e. The highest BCUT2D eigenvalue weighted by atomic mass is 16.7. The number of carbonyl (C=O) groups is 1. The summed E-state index contributed by atoms with van der Waals surface area (Å²) < 4.78 is 16.3. The lowest BCUT2D eigenvalue weighted by Crippen LogP contribution is -2.25. The van der Waals surface area contributed by atoms with Gasteiger partial charge in [0.2, 0.25) is 0 Å². The molecule has 1 saturated heterocycles. The standard InChI is InChI=1S/C18H34O4/c1-4-5-6-7-8-9-10-11-12-13-17(19)20-14-16-15-21-18(2,3)22-16/h16H,4-15H2,1-3H3. The summed E-state index contributed by atoms with van der Waals surface area (Å²) in [6.07, 6.45) is 11.7. The van der Waals surface area contributed by atoms with Crippen molar-refractivity contribution in [3.8, 4) is 0 Å². The van der Waals surface area contributed by atoms with Crippen LogP contribution in [0.15, 0.2) is 0 Å². The van der Waals surface area contributed by atoms with Crippen LogP contribution in [0.5, 0.6) is 0 Å². The van der Waals surface area contributed by atoms with Gasteiger partial charge in [-0.2, -0.15) is 0 Å². The zero-order valence-corrected chi connectivity index (χ0v) is 14.7. The number of rotatable bonds is 12. The fourth-order valence-electron chi connectivity index (χ4n) is 2.68. The van der Waals surface area contributed by atoms with Gasteiger partial charge in [0.25, 0.3) is 0 Å². The maximum atomic E-state index is 11.6. The van der Waals surface area contributed by atoms with Crippen LogP contribution in [-0.2, 0) is 19.0 Å². The molecule has 1 unspecified atom stereocenters. The fraction of sp³-hybridized carbons (Fsp3) is 0.944. The van der Waals surface area contributed by atoms with E-state index in [9.17, 15) is 4.79 Å². The second-order valence-corrected chi connectivity index (χ2v) is 6.71. The largest absolute Gasteiger partial charge is 0.463 e. The molecule has 22 heavy (non-hydrogen) atoms. The third-order valence-corrected chi connectivity index (χ3v) is 3.98. The van der Waals surface area contributed by atoms with Crippen molar-refractivity contribution in [2.24, 2.45) is 0 Å². The van der Waals surface area contributed by atoms with E-state index in [2.05, 4.69) is 6.92 Å². The molecule has 0 aromatic carbocycles. The first-order valence-corrected chi connectivity index (χ1v) is 9.01. The van der Waals surface area contributed by atoms with E-state index < -0.39 is 5.79 Å². The molecular weight excluding hydrogens is 280 g/mol. The number of hydrogen-bond donors (Lipinski definition) is 0. The molecule has 1 fully saturated rings. The van der Waals surface area contributed by atoms with Gasteiger partial charge >= 0.3 is 5.97 Å². The van der Waals surface area contributed by atoms with Gasteiger partial charge in [-0.15, -0.1) is 0 Å². The van der Waals surface area contributed by atoms with Crippen LogP contribution in [0, 0.1) is 0 Å². The zero-order chi connectivity index (χ0) is 16.3. The molecule has 1 heterocycles. The van der Waals surface area contributed by atoms with Gasteiger partial charge in [0, 0.05) is 6.42 Å². The van der Waals surface area contributed by atoms with Crippen LogP contribution in [0.25, 0.3) is 0 Å². The molecular formula is C18H34O4. The van der Waals surface area contributed by atoms with Crippen LogP contribution >= 0.6 is 0 Å². The van der Waals surface area contributed by atoms with Gasteiger partial charge in [-0.1, -0.05) is 58.3 Å². The van der Waals surface area contributed by atoms with Crippen molar-refractivity contribution in [1.29, 1.82) is 0 Å². The van der Waals surface area contributed by atoms with Crippen LogP contribution in [0.1, 0.15) is 85.0 Å². The van der Waals surface area contributed by atoms with E-state index in [1.54, 1.807) is 0 Å². The Kier molecular flexibility index (Phi) is 9.73. The molecule has 1 atom stereocenters. The van der Waals surface area contributed by atoms with Crippen molar-refractivity contribution >= 4 is 5.97 Å². The first-order chi connectivity index (χ1) is 10.5. The van der Waals surface area contributed by atoms with Crippen molar-refractivity contribution < 1.29 is 19.0 Å². The molecule has 0 N–H and O–H groups in total. The number of unbranched alkanes of at least 4 members (excludes halogenated alkanes) is 8. The van der Waals surface area contributed by atoms with Gasteiger partial charge in [-0.05, 0) is 20.3 Å². The molecule has 0 bridgehead atoms. The van der Waals surface area contributed by atoms with Crippen LogP contribution in [0.2, 0.25) is 0 Å². The van der Waals surface area contributed by atoms with Gasteiger partial charge in [0.05, 0.1) is 6.61 Å². The van der Waals surface area contributed by atoms with Gasteiger partial charge in [0.1, 0.15) is 12.7 Å². The molecule has 1 aliphatic heterocycles. The minimum atomic E-state index is -0.547. The summed E-state index contributed by atoms with van der Waals surface area (Å²) in [6, 6.07) is 0. The maximum Gasteiger partial charge on any atom is 0.305 e. The molecule has 4 nitrogen and oxygen atoms in total. The third kappa shape index (κ3) is 9.42. The number of esters is 1. The summed E-state index contributed by atoms with van der Waals surface area (Å²) in [6.45, 7) is 6.79. The lowest BCUT2D eigenvalue weighted by atomic mass is 10.1. The van der Waals surface area contributed by atoms with Gasteiger partial charge in [0.15, 0.2) is 5.79 Å². The number of hydrogen-bond acceptors (Lipinski definition) is 4. The van der Waals surface area contributed by atoms with Crippen LogP contribution in [-0.4, -0.2) is 31.1 Å². The normalized spacial score (nSPS) is 20.2. The lowest BCUT2D eigenvalue weighted by Gasteiger charge is -2.16. The third-order valence-electron chi connectivity index (χ3n) is 3.98. The summed E-state index contributed by atoms with van der Waals surface area (Å²) in [5.74, 6) is -0.662. The second-order valence-electron chi connectivity index (χ2n) is 6.71. The van der Waals surface area contributed by atoms with Crippen molar-refractivity contribution in [3.05, 3.63) is 0 Å². The van der Waals surface area contributed by atoms with Gasteiger partial charge < -0.3 is 14.2 Å². The predicted octanol–water partition coefficient (Wildman–Crippen LogP) is 4.60. The molecule has 0 aromatic heterocycles. The van der Waals surface area contributed by atoms with E-state index in [0.717, 1.165) is 12.8 Å². The Morgan fingerprint density at radius 2 is 1.64 bits per heavy atom. The van der Waals surface area contributed by atoms with E-state index in [1.807, 2.05) is 13.8 Å². The van der Waals surface area contributed by atoms with Crippen molar-refractivity contribution in [1.82, 2.24) is 0 Å². The molecule has 4 heteroatoms. The SMILES string of the molecule is CCCCCCCCCCCC(=O)OCC1COC(C)(C)O1. The maximum absolute atomic E-state index is 11.6. The topological polar surface area (TPSA) is 44.8 Å². The zero-order valence-electron chi connectivity index (χ0n) is 14.7. The van der Waals surface area contributed by atoms with Crippen molar-refractivity contribution in [3.63, 3.8) is 0 Å². The van der Waals surface area contributed by atoms with Gasteiger partial charge in [-0.3, -0.25) is 4.79 Å². The monoisotopic (exact) mass is 314 g/mol. The highest BCUT2D eigenvalue weighted by Gasteiger charge is 2.33. The minimum Gasteiger partial charge on any atom is -0.463 e. The first-order valence-electron chi connectivity index (χ1n) is 9.01. The average molecular weight is 314 g/mol. The summed E-state index contributed by atoms with van der Waals surface area (Å²) >= 11 is 0. The van der Waals surface area contributed by atoms with E-state index >= 15 is 0 Å². The predicted molar refractivity (Wildman–Crippen MR) is 87.7 cm³/mol. The Bertz CT molecular complexity index is 301. The highest BCUT2D eigenvalue weighted by Crippen LogP contribution is 2.22. The molecule has 1 aliphatic rings. The second kappa shape index (κ2) is 11.0. The molecule has 0 amide bonds. The molecule has 0 spiro atoms. The Labute approximate surface area is 135 Å². The van der Waals surface area contributed by atoms with Crippen LogP contribution in [0.4, 0.5) is 0 Å². The fourth-order valence-corrected chi connectivity index (χ4v) is 2.68. The van der Waals surface area contributed by atoms with E-state index in [1.165, 1.54) is 44.9 Å². The lowest BCUT2D eigenvalue weighted by molar-refractivity contribution is -0.158. The van der Waals surface area contributed by atoms with Crippen LogP contribution in [0.3, 0.4) is 0 Å². The Morgan fingerprint density at radius 3 is 2.18 bits per heavy atom. The van der Waals surface area contributed by atoms with Crippen molar-refractivity contribution in [2.75, 3.05) is 13.2 Å². The molecule has 0 aromatic rings. The van der Waals surface area contributed by atoms with E-state index in [0.29, 0.717) is 19.6 Å². The molecule has 0 saturated carbocycles. The summed E-state index contributed by atoms with van der Waals surface area (Å²) in [5.41, 5.74) is 0. The Morgan fingerprint density at radius 1 is 1.05 bits per heavy atom. The minimum absolute atomic E-state index is 0.115. The average Bonchev–Trinajstić information content (AvgIpc) is 2.83. The van der Waals surface area contributed by atoms with E-state index in [-0.39, 0.29) is 12.1 Å². The summed E-state index contributed by atoms with van der Waals surface area (Å²) in [5, 5.41) is 0. The first kappa shape index (κ1) is 19.4. The van der Waals surface area contributed by atoms with Crippen LogP contribution < -0.4 is 0 Å². The summed E-state index contributed by atoms with van der Waals surface area (Å²) in [7, 11) is 0. The van der Waals surface area contributed by atoms with Crippen molar-refractivity contribution in [2.45, 2.75) is 96.9 Å². The Balaban J connectivity index is 1.87. The Hall–Kier alpha value is -0.610. The van der Waals surface area contributed by atoms with Gasteiger partial charge in [-0.25, -0.2) is 0 Å². The highest BCUT2D eigenvalue weighted by molar-refractivity contribution is 5.69. The number of ether oxygens (including phenoxy) is 3. The summed E-state index contributed by atoms with van der Waals surface area (Å²) in [4.78, 5) is 11.6. The molecule has 0 aliphatic carbocycles.